The van der Waals surface area contributed by atoms with E-state index in [1.54, 1.807) is 30.5 Å². The lowest BCUT2D eigenvalue weighted by Crippen LogP contribution is -2.48. The van der Waals surface area contributed by atoms with Gasteiger partial charge in [-0.15, -0.1) is 0 Å². The first-order chi connectivity index (χ1) is 17.9. The average Bonchev–Trinajstić information content (AvgIpc) is 3.11. The molecule has 2 amide bonds. The number of alkyl halides is 1. The number of benzene rings is 2. The molecule has 1 heterocycles. The zero-order valence-corrected chi connectivity index (χ0v) is 25.1. The molecule has 2 aromatic carbocycles. The summed E-state index contributed by atoms with van der Waals surface area (Å²) in [4.78, 5) is 26.9. The molecule has 9 heteroatoms. The summed E-state index contributed by atoms with van der Waals surface area (Å²) in [5, 5.41) is 6.75. The van der Waals surface area contributed by atoms with Gasteiger partial charge in [0.15, 0.2) is 4.90 Å². The molecule has 0 saturated carbocycles. The highest BCUT2D eigenvalue weighted by Gasteiger charge is 2.34. The fourth-order valence-corrected chi connectivity index (χ4v) is 5.43. The molecule has 0 aliphatic heterocycles. The zero-order chi connectivity index (χ0) is 29.3. The lowest BCUT2D eigenvalue weighted by atomic mass is 9.82. The van der Waals surface area contributed by atoms with Crippen molar-refractivity contribution in [1.29, 1.82) is 0 Å². The Morgan fingerprint density at radius 1 is 0.949 bits per heavy atom. The van der Waals surface area contributed by atoms with Crippen LogP contribution in [0.25, 0.3) is 22.2 Å². The molecule has 212 valence electrons. The maximum absolute atomic E-state index is 13.3. The van der Waals surface area contributed by atoms with E-state index in [1.807, 2.05) is 78.2 Å². The Bertz CT molecular complexity index is 1350. The van der Waals surface area contributed by atoms with Gasteiger partial charge >= 0.3 is 0 Å². The number of fused-ring (bicyclic) bond motifs is 1. The maximum Gasteiger partial charge on any atom is 0.240 e. The van der Waals surface area contributed by atoms with Crippen LogP contribution in [-0.4, -0.2) is 45.1 Å². The third kappa shape index (κ3) is 7.13. The molecule has 1 aromatic heterocycles. The summed E-state index contributed by atoms with van der Waals surface area (Å²) >= 11 is -1.44. The normalized spacial score (nSPS) is 13.3. The Morgan fingerprint density at radius 2 is 1.54 bits per heavy atom. The van der Waals surface area contributed by atoms with E-state index in [0.29, 0.717) is 27.3 Å². The van der Waals surface area contributed by atoms with Gasteiger partial charge in [-0.05, 0) is 109 Å². The lowest BCUT2D eigenvalue weighted by Gasteiger charge is -2.30. The first-order valence-corrected chi connectivity index (χ1v) is 14.4. The fraction of sp³-hybridized carbons (Fsp3) is 0.467. The van der Waals surface area contributed by atoms with Crippen LogP contribution in [0, 0.1) is 0 Å². The molecule has 3 aromatic rings. The highest BCUT2D eigenvalue weighted by atomic mass is 32.2. The van der Waals surface area contributed by atoms with Crippen molar-refractivity contribution in [3.8, 4) is 17.0 Å². The highest BCUT2D eigenvalue weighted by Crippen LogP contribution is 2.40. The minimum atomic E-state index is -1.44. The molecule has 3 rings (SSSR count). The van der Waals surface area contributed by atoms with Gasteiger partial charge in [0, 0.05) is 16.6 Å². The Hall–Kier alpha value is -3.04. The van der Waals surface area contributed by atoms with E-state index in [1.165, 1.54) is 0 Å². The third-order valence-electron chi connectivity index (χ3n) is 6.25. The molecule has 0 saturated heterocycles. The number of ether oxygens (including phenoxy) is 1. The number of hydrogen-bond acceptors (Lipinski definition) is 4. The van der Waals surface area contributed by atoms with Gasteiger partial charge < -0.3 is 24.5 Å². The van der Waals surface area contributed by atoms with Gasteiger partial charge in [-0.3, -0.25) is 9.59 Å². The quantitative estimate of drug-likeness (QED) is 0.360. The second-order valence-electron chi connectivity index (χ2n) is 12.4. The van der Waals surface area contributed by atoms with Crippen molar-refractivity contribution in [2.75, 3.05) is 13.1 Å². The molecular formula is C30H40FN3O4S. The number of aromatic nitrogens is 1. The van der Waals surface area contributed by atoms with Crippen LogP contribution in [0.1, 0.15) is 61.0 Å². The van der Waals surface area contributed by atoms with E-state index in [0.717, 1.165) is 11.1 Å². The molecule has 39 heavy (non-hydrogen) atoms. The predicted octanol–water partition coefficient (Wildman–Crippen LogP) is 5.46. The van der Waals surface area contributed by atoms with Gasteiger partial charge in [0.2, 0.25) is 18.7 Å². The van der Waals surface area contributed by atoms with Gasteiger partial charge in [-0.25, -0.2) is 4.39 Å². The van der Waals surface area contributed by atoms with Gasteiger partial charge in [-0.2, -0.15) is 0 Å². The van der Waals surface area contributed by atoms with Gasteiger partial charge in [0.25, 0.3) is 0 Å². The zero-order valence-electron chi connectivity index (χ0n) is 24.3. The van der Waals surface area contributed by atoms with Crippen LogP contribution in [0.4, 0.5) is 4.39 Å². The van der Waals surface area contributed by atoms with Crippen molar-refractivity contribution in [2.45, 2.75) is 83.3 Å². The molecule has 1 atom stereocenters. The molecule has 2 N–H and O–H groups in total. The van der Waals surface area contributed by atoms with Gasteiger partial charge in [-0.1, -0.05) is 6.07 Å². The van der Waals surface area contributed by atoms with Crippen LogP contribution < -0.4 is 15.4 Å². The molecule has 0 bridgehead atoms. The number of carbonyl (C=O) groups excluding carboxylic acids is 2. The van der Waals surface area contributed by atoms with E-state index in [4.69, 9.17) is 4.74 Å². The Labute approximate surface area is 233 Å². The summed E-state index contributed by atoms with van der Waals surface area (Å²) in [5.74, 6) is 0.0454. The van der Waals surface area contributed by atoms with E-state index in [2.05, 4.69) is 10.6 Å². The lowest BCUT2D eigenvalue weighted by molar-refractivity contribution is -0.127. The van der Waals surface area contributed by atoms with Gasteiger partial charge in [0.1, 0.15) is 24.2 Å². The Balaban J connectivity index is 2.27. The van der Waals surface area contributed by atoms with Crippen molar-refractivity contribution < 1.29 is 23.3 Å². The molecule has 0 radical (unpaired) electrons. The minimum absolute atomic E-state index is 0.00369. The van der Waals surface area contributed by atoms with Crippen LogP contribution in [0.15, 0.2) is 47.4 Å². The molecule has 0 spiro atoms. The van der Waals surface area contributed by atoms with Crippen molar-refractivity contribution in [2.24, 2.45) is 0 Å². The summed E-state index contributed by atoms with van der Waals surface area (Å²) in [5.41, 5.74) is 1.11. The summed E-state index contributed by atoms with van der Waals surface area (Å²) < 4.78 is 32.8. The number of nitrogens with zero attached hydrogens (tertiary/aromatic N) is 1. The summed E-state index contributed by atoms with van der Waals surface area (Å²) in [6.07, 6.45) is 1.60. The van der Waals surface area contributed by atoms with Crippen LogP contribution in [0.3, 0.4) is 0 Å². The molecule has 7 nitrogen and oxygen atoms in total. The minimum Gasteiger partial charge on any atom is -0.612 e. The molecule has 0 aliphatic carbocycles. The van der Waals surface area contributed by atoms with Crippen molar-refractivity contribution in [1.82, 2.24) is 15.2 Å². The number of nitrogens with one attached hydrogen (secondary N) is 2. The Morgan fingerprint density at radius 3 is 2.05 bits per heavy atom. The molecular weight excluding hydrogens is 517 g/mol. The topological polar surface area (TPSA) is 95.4 Å². The van der Waals surface area contributed by atoms with Crippen LogP contribution in [-0.2, 0) is 32.7 Å². The second-order valence-corrected chi connectivity index (χ2v) is 13.7. The van der Waals surface area contributed by atoms with Crippen molar-refractivity contribution in [3.63, 3.8) is 0 Å². The average molecular weight is 558 g/mol. The molecule has 0 fully saturated rings. The maximum atomic E-state index is 13.3. The summed E-state index contributed by atoms with van der Waals surface area (Å²) in [6.45, 7) is 14.3. The molecule has 0 aliphatic rings. The van der Waals surface area contributed by atoms with Crippen LogP contribution in [0.2, 0.25) is 0 Å². The number of halogens is 1. The molecule has 1 unspecified atom stereocenters. The highest BCUT2D eigenvalue weighted by molar-refractivity contribution is 7.91. The first kappa shape index (κ1) is 30.5. The van der Waals surface area contributed by atoms with E-state index in [9.17, 15) is 18.5 Å². The number of rotatable bonds is 8. The predicted molar refractivity (Wildman–Crippen MR) is 155 cm³/mol. The summed E-state index contributed by atoms with van der Waals surface area (Å²) in [7, 11) is 0. The second kappa shape index (κ2) is 11.2. The number of hydrogen-bond donors (Lipinski definition) is 2. The number of amides is 2. The fourth-order valence-electron chi connectivity index (χ4n) is 4.46. The van der Waals surface area contributed by atoms with Gasteiger partial charge in [0.05, 0.1) is 16.3 Å². The smallest absolute Gasteiger partial charge is 0.240 e. The van der Waals surface area contributed by atoms with Crippen LogP contribution >= 0.6 is 0 Å². The van der Waals surface area contributed by atoms with Crippen molar-refractivity contribution in [3.05, 3.63) is 48.0 Å². The monoisotopic (exact) mass is 557 g/mol. The third-order valence-corrected chi connectivity index (χ3v) is 7.24. The SMILES string of the molecule is C[S+]([O-])c1c(-c2ccc(OCF)cc2)n(CC(=O)NC(C)(C)C)c2ccc(C(C)(C)C(=O)NC(C)(C)C)cc12. The number of carbonyl (C=O) groups is 2. The first-order valence-electron chi connectivity index (χ1n) is 12.9. The van der Waals surface area contributed by atoms with Crippen LogP contribution in [0.5, 0.6) is 5.75 Å². The van der Waals surface area contributed by atoms with E-state index in [-0.39, 0.29) is 18.4 Å². The largest absolute Gasteiger partial charge is 0.612 e. The summed E-state index contributed by atoms with van der Waals surface area (Å²) in [6, 6.07) is 12.5. The van der Waals surface area contributed by atoms with Crippen molar-refractivity contribution >= 4 is 33.9 Å². The van der Waals surface area contributed by atoms with E-state index < -0.39 is 34.5 Å². The standard InChI is InChI=1S/C30H40FN3O4S/c1-28(2,3)32-24(35)17-34-23-15-12-20(30(7,8)27(36)33-29(4,5)6)16-22(23)26(39(9)37)25(34)19-10-13-21(14-11-19)38-18-31/h10-16H,17-18H2,1-9H3,(H,32,35)(H,33,36). The van der Waals surface area contributed by atoms with E-state index >= 15 is 0 Å². The Kier molecular flexibility index (Phi) is 8.77.